The van der Waals surface area contributed by atoms with Crippen molar-refractivity contribution >= 4 is 0 Å². The first-order chi connectivity index (χ1) is 17.6. The molecule has 1 aromatic carbocycles. The molecule has 2 aromatic rings. The van der Waals surface area contributed by atoms with Gasteiger partial charge in [0.1, 0.15) is 5.82 Å². The zero-order valence-electron chi connectivity index (χ0n) is 20.5. The Morgan fingerprint density at radius 3 is 2.19 bits per heavy atom. The van der Waals surface area contributed by atoms with Crippen molar-refractivity contribution in [2.75, 3.05) is 13.2 Å². The molecule has 2 aliphatic carbocycles. The quantitative estimate of drug-likeness (QED) is 0.260. The van der Waals surface area contributed by atoms with Crippen molar-refractivity contribution in [2.24, 2.45) is 23.7 Å². The Hall–Kier alpha value is -2.62. The van der Waals surface area contributed by atoms with Crippen LogP contribution in [0.5, 0.6) is 5.75 Å². The predicted molar refractivity (Wildman–Crippen MR) is 125 cm³/mol. The molecule has 2 unspecified atom stereocenters. The number of alkyl halides is 5. The molecule has 0 spiro atoms. The van der Waals surface area contributed by atoms with Gasteiger partial charge in [-0.2, -0.15) is 22.0 Å². The molecule has 1 heterocycles. The predicted octanol–water partition coefficient (Wildman–Crippen LogP) is 7.70. The maximum absolute atomic E-state index is 14.9. The third-order valence-corrected chi connectivity index (χ3v) is 7.30. The summed E-state index contributed by atoms with van der Waals surface area (Å²) >= 11 is 0. The number of rotatable bonds is 8. The maximum atomic E-state index is 14.9. The largest absolute Gasteiger partial charge is 0.429 e. The number of ether oxygens (including phenoxy) is 2. The van der Waals surface area contributed by atoms with Gasteiger partial charge in [0.05, 0.1) is 30.5 Å². The van der Waals surface area contributed by atoms with Gasteiger partial charge in [-0.3, -0.25) is 0 Å². The van der Waals surface area contributed by atoms with Crippen molar-refractivity contribution in [2.45, 2.75) is 57.7 Å². The summed E-state index contributed by atoms with van der Waals surface area (Å²) in [4.78, 5) is 7.75. The molecule has 0 amide bonds. The molecular weight excluding hydrogens is 498 g/mol. The van der Waals surface area contributed by atoms with E-state index in [9.17, 15) is 26.3 Å². The standard InChI is InChI=1S/C27H30F6N2O2/c1-2-36-16-17-3-5-18(6-4-17)19-7-10-21(11-8-19)27(32,33)37-22-14-34-25(35-15-22)20-9-12-23(24(28)13-20)26(29,30)31/h3,5,9,12-15,17-19,21H,2,4,6-8,10-11,16H2,1H3. The van der Waals surface area contributed by atoms with E-state index in [1.165, 1.54) is 0 Å². The number of hydrogen-bond donors (Lipinski definition) is 0. The van der Waals surface area contributed by atoms with Gasteiger partial charge in [0, 0.05) is 18.1 Å². The summed E-state index contributed by atoms with van der Waals surface area (Å²) < 4.78 is 92.3. The molecule has 202 valence electrons. The van der Waals surface area contributed by atoms with Crippen molar-refractivity contribution in [3.05, 3.63) is 54.1 Å². The van der Waals surface area contributed by atoms with Crippen molar-refractivity contribution in [3.63, 3.8) is 0 Å². The molecule has 37 heavy (non-hydrogen) atoms. The first-order valence-electron chi connectivity index (χ1n) is 12.6. The van der Waals surface area contributed by atoms with E-state index >= 15 is 0 Å². The summed E-state index contributed by atoms with van der Waals surface area (Å²) in [7, 11) is 0. The van der Waals surface area contributed by atoms with Crippen LogP contribution in [0, 0.1) is 29.5 Å². The van der Waals surface area contributed by atoms with Crippen molar-refractivity contribution in [1.82, 2.24) is 9.97 Å². The lowest BCUT2D eigenvalue weighted by molar-refractivity contribution is -0.224. The molecule has 0 aliphatic heterocycles. The van der Waals surface area contributed by atoms with Gasteiger partial charge in [0.2, 0.25) is 0 Å². The SMILES string of the molecule is CCOCC1C=CC(C2CCC(C(F)(F)Oc3cnc(-c4ccc(C(F)(F)F)c(F)c4)nc3)CC2)CC1. The van der Waals surface area contributed by atoms with Crippen LogP contribution < -0.4 is 4.74 Å². The molecule has 2 aliphatic rings. The molecule has 2 atom stereocenters. The highest BCUT2D eigenvalue weighted by atomic mass is 19.4. The normalized spacial score (nSPS) is 24.7. The van der Waals surface area contributed by atoms with Gasteiger partial charge >= 0.3 is 12.3 Å². The van der Waals surface area contributed by atoms with Crippen LogP contribution in [0.25, 0.3) is 11.4 Å². The molecule has 1 fully saturated rings. The van der Waals surface area contributed by atoms with E-state index in [0.717, 1.165) is 37.9 Å². The van der Waals surface area contributed by atoms with Crippen LogP contribution in [-0.2, 0) is 10.9 Å². The Morgan fingerprint density at radius 2 is 1.62 bits per heavy atom. The lowest BCUT2D eigenvalue weighted by atomic mass is 9.72. The summed E-state index contributed by atoms with van der Waals surface area (Å²) in [5.74, 6) is -1.56. The third kappa shape index (κ3) is 6.83. The minimum atomic E-state index is -4.83. The van der Waals surface area contributed by atoms with E-state index in [2.05, 4.69) is 22.1 Å². The topological polar surface area (TPSA) is 44.2 Å². The first-order valence-corrected chi connectivity index (χ1v) is 12.6. The fourth-order valence-electron chi connectivity index (χ4n) is 5.23. The Balaban J connectivity index is 1.31. The van der Waals surface area contributed by atoms with Gasteiger partial charge in [-0.25, -0.2) is 14.4 Å². The summed E-state index contributed by atoms with van der Waals surface area (Å²) in [6.07, 6.45) is 2.40. The smallest absolute Gasteiger partial charge is 0.419 e. The lowest BCUT2D eigenvalue weighted by Crippen LogP contribution is -2.38. The Labute approximate surface area is 212 Å². The van der Waals surface area contributed by atoms with Gasteiger partial charge in [-0.15, -0.1) is 0 Å². The van der Waals surface area contributed by atoms with Crippen LogP contribution in [0.4, 0.5) is 26.3 Å². The summed E-state index contributed by atoms with van der Waals surface area (Å²) in [6, 6.07) is 2.27. The van der Waals surface area contributed by atoms with Crippen LogP contribution in [0.2, 0.25) is 0 Å². The van der Waals surface area contributed by atoms with E-state index in [0.29, 0.717) is 62.2 Å². The van der Waals surface area contributed by atoms with Crippen LogP contribution in [-0.4, -0.2) is 29.3 Å². The second-order valence-electron chi connectivity index (χ2n) is 9.76. The second-order valence-corrected chi connectivity index (χ2v) is 9.76. The zero-order chi connectivity index (χ0) is 26.6. The third-order valence-electron chi connectivity index (χ3n) is 7.30. The number of hydrogen-bond acceptors (Lipinski definition) is 4. The van der Waals surface area contributed by atoms with Gasteiger partial charge in [-0.05, 0) is 69.4 Å². The highest BCUT2D eigenvalue weighted by molar-refractivity contribution is 5.56. The molecule has 0 saturated heterocycles. The van der Waals surface area contributed by atoms with Gasteiger partial charge < -0.3 is 9.47 Å². The van der Waals surface area contributed by atoms with Gasteiger partial charge in [-0.1, -0.05) is 18.2 Å². The number of aromatic nitrogens is 2. The number of allylic oxidation sites excluding steroid dienone is 1. The van der Waals surface area contributed by atoms with E-state index in [-0.39, 0.29) is 17.1 Å². The molecule has 1 saturated carbocycles. The van der Waals surface area contributed by atoms with Crippen molar-refractivity contribution < 1.29 is 35.8 Å². The Kier molecular flexibility index (Phi) is 8.46. The molecule has 0 bridgehead atoms. The van der Waals surface area contributed by atoms with Crippen LogP contribution >= 0.6 is 0 Å². The lowest BCUT2D eigenvalue weighted by Gasteiger charge is -2.37. The molecule has 0 radical (unpaired) electrons. The van der Waals surface area contributed by atoms with Crippen molar-refractivity contribution in [3.8, 4) is 17.1 Å². The average molecular weight is 529 g/mol. The van der Waals surface area contributed by atoms with Crippen LogP contribution in [0.3, 0.4) is 0 Å². The number of halogens is 6. The maximum Gasteiger partial charge on any atom is 0.419 e. The molecule has 0 N–H and O–H groups in total. The molecule has 10 heteroatoms. The van der Waals surface area contributed by atoms with E-state index in [1.54, 1.807) is 0 Å². The average Bonchev–Trinajstić information content (AvgIpc) is 2.87. The molecular formula is C27H30F6N2O2. The van der Waals surface area contributed by atoms with Gasteiger partial charge in [0.25, 0.3) is 0 Å². The fourth-order valence-corrected chi connectivity index (χ4v) is 5.23. The summed E-state index contributed by atoms with van der Waals surface area (Å²) in [6.45, 7) is 3.40. The zero-order valence-corrected chi connectivity index (χ0v) is 20.5. The first kappa shape index (κ1) is 27.4. The highest BCUT2D eigenvalue weighted by Crippen LogP contribution is 2.44. The monoisotopic (exact) mass is 528 g/mol. The Morgan fingerprint density at radius 1 is 0.919 bits per heavy atom. The van der Waals surface area contributed by atoms with Crippen molar-refractivity contribution in [1.29, 1.82) is 0 Å². The van der Waals surface area contributed by atoms with E-state index < -0.39 is 29.6 Å². The van der Waals surface area contributed by atoms with Crippen LogP contribution in [0.1, 0.15) is 51.0 Å². The second kappa shape index (κ2) is 11.4. The van der Waals surface area contributed by atoms with E-state index in [1.807, 2.05) is 6.92 Å². The molecule has 4 nitrogen and oxygen atoms in total. The minimum Gasteiger partial charge on any atom is -0.429 e. The number of benzene rings is 1. The summed E-state index contributed by atoms with van der Waals surface area (Å²) in [5, 5.41) is 0. The highest BCUT2D eigenvalue weighted by Gasteiger charge is 2.45. The number of nitrogens with zero attached hydrogens (tertiary/aromatic N) is 2. The molecule has 1 aromatic heterocycles. The van der Waals surface area contributed by atoms with E-state index in [4.69, 9.17) is 9.47 Å². The molecule has 4 rings (SSSR count). The fraction of sp³-hybridized carbons (Fsp3) is 0.556. The minimum absolute atomic E-state index is 0.0110. The summed E-state index contributed by atoms with van der Waals surface area (Å²) in [5.41, 5.74) is -1.42. The Bertz CT molecular complexity index is 1070. The van der Waals surface area contributed by atoms with Crippen LogP contribution in [0.15, 0.2) is 42.7 Å². The van der Waals surface area contributed by atoms with Gasteiger partial charge in [0.15, 0.2) is 11.6 Å².